The largest absolute Gasteiger partial charge is 0.465 e. The smallest absolute Gasteiger partial charge is 0.337 e. The van der Waals surface area contributed by atoms with Gasteiger partial charge in [0.05, 0.1) is 12.7 Å². The predicted molar refractivity (Wildman–Crippen MR) is 73.2 cm³/mol. The van der Waals surface area contributed by atoms with Gasteiger partial charge in [-0.3, -0.25) is 4.79 Å². The standard InChI is InChI=1S/C16H14O3/c1-11(17)14-5-3-4-6-15(14)12-7-9-13(10-8-12)16(18)19-2/h3-10H,1-2H3. The summed E-state index contributed by atoms with van der Waals surface area (Å²) in [6.07, 6.45) is 0. The fraction of sp³-hybridized carbons (Fsp3) is 0.125. The molecule has 0 fully saturated rings. The van der Waals surface area contributed by atoms with Crippen molar-refractivity contribution in [3.63, 3.8) is 0 Å². The molecule has 0 radical (unpaired) electrons. The lowest BCUT2D eigenvalue weighted by Crippen LogP contribution is -2.01. The zero-order valence-corrected chi connectivity index (χ0v) is 10.8. The van der Waals surface area contributed by atoms with Gasteiger partial charge in [0.2, 0.25) is 0 Å². The topological polar surface area (TPSA) is 43.4 Å². The highest BCUT2D eigenvalue weighted by molar-refractivity contribution is 6.01. The van der Waals surface area contributed by atoms with E-state index in [9.17, 15) is 9.59 Å². The summed E-state index contributed by atoms with van der Waals surface area (Å²) < 4.78 is 4.65. The van der Waals surface area contributed by atoms with Crippen molar-refractivity contribution in [1.29, 1.82) is 0 Å². The van der Waals surface area contributed by atoms with Crippen molar-refractivity contribution < 1.29 is 14.3 Å². The predicted octanol–water partition coefficient (Wildman–Crippen LogP) is 3.34. The van der Waals surface area contributed by atoms with Gasteiger partial charge in [0, 0.05) is 5.56 Å². The molecule has 0 N–H and O–H groups in total. The van der Waals surface area contributed by atoms with Gasteiger partial charge in [-0.05, 0) is 30.2 Å². The molecule has 3 heteroatoms. The van der Waals surface area contributed by atoms with Crippen molar-refractivity contribution >= 4 is 11.8 Å². The number of methoxy groups -OCH3 is 1. The van der Waals surface area contributed by atoms with Crippen LogP contribution in [0, 0.1) is 0 Å². The van der Waals surface area contributed by atoms with E-state index in [-0.39, 0.29) is 11.8 Å². The molecule has 19 heavy (non-hydrogen) atoms. The van der Waals surface area contributed by atoms with Crippen molar-refractivity contribution in [1.82, 2.24) is 0 Å². The molecule has 0 saturated heterocycles. The van der Waals surface area contributed by atoms with E-state index < -0.39 is 0 Å². The first-order valence-corrected chi connectivity index (χ1v) is 5.92. The van der Waals surface area contributed by atoms with Crippen LogP contribution in [-0.4, -0.2) is 18.9 Å². The number of ketones is 1. The van der Waals surface area contributed by atoms with Gasteiger partial charge in [0.25, 0.3) is 0 Å². The van der Waals surface area contributed by atoms with Gasteiger partial charge in [-0.2, -0.15) is 0 Å². The molecule has 0 unspecified atom stereocenters. The molecule has 0 aliphatic heterocycles. The van der Waals surface area contributed by atoms with Crippen LogP contribution in [0.4, 0.5) is 0 Å². The quantitative estimate of drug-likeness (QED) is 0.623. The van der Waals surface area contributed by atoms with E-state index in [2.05, 4.69) is 4.74 Å². The van der Waals surface area contributed by atoms with Crippen LogP contribution in [0.25, 0.3) is 11.1 Å². The summed E-state index contributed by atoms with van der Waals surface area (Å²) in [6.45, 7) is 1.54. The van der Waals surface area contributed by atoms with Gasteiger partial charge in [-0.15, -0.1) is 0 Å². The van der Waals surface area contributed by atoms with Gasteiger partial charge in [0.1, 0.15) is 0 Å². The second-order valence-electron chi connectivity index (χ2n) is 4.17. The fourth-order valence-corrected chi connectivity index (χ4v) is 1.95. The molecule has 3 nitrogen and oxygen atoms in total. The Bertz CT molecular complexity index is 612. The number of rotatable bonds is 3. The minimum Gasteiger partial charge on any atom is -0.465 e. The Kier molecular flexibility index (Phi) is 3.76. The number of carbonyl (C=O) groups is 2. The van der Waals surface area contributed by atoms with Crippen LogP contribution in [0.5, 0.6) is 0 Å². The summed E-state index contributed by atoms with van der Waals surface area (Å²) >= 11 is 0. The van der Waals surface area contributed by atoms with Crippen molar-refractivity contribution in [3.8, 4) is 11.1 Å². The van der Waals surface area contributed by atoms with Crippen molar-refractivity contribution in [2.75, 3.05) is 7.11 Å². The molecule has 0 bridgehead atoms. The molecule has 0 aliphatic rings. The molecule has 96 valence electrons. The summed E-state index contributed by atoms with van der Waals surface area (Å²) in [5, 5.41) is 0. The van der Waals surface area contributed by atoms with E-state index in [0.29, 0.717) is 11.1 Å². The molecule has 2 aromatic carbocycles. The monoisotopic (exact) mass is 254 g/mol. The van der Waals surface area contributed by atoms with Crippen molar-refractivity contribution in [2.24, 2.45) is 0 Å². The van der Waals surface area contributed by atoms with Crippen LogP contribution in [0.2, 0.25) is 0 Å². The van der Waals surface area contributed by atoms with Crippen molar-refractivity contribution in [2.45, 2.75) is 6.92 Å². The maximum absolute atomic E-state index is 11.6. The molecular formula is C16H14O3. The van der Waals surface area contributed by atoms with Gasteiger partial charge < -0.3 is 4.74 Å². The molecule has 0 saturated carbocycles. The van der Waals surface area contributed by atoms with Crippen molar-refractivity contribution in [3.05, 3.63) is 59.7 Å². The molecular weight excluding hydrogens is 240 g/mol. The maximum atomic E-state index is 11.6. The van der Waals surface area contributed by atoms with Crippen LogP contribution in [0.1, 0.15) is 27.6 Å². The Labute approximate surface area is 111 Å². The third kappa shape index (κ3) is 2.71. The number of hydrogen-bond donors (Lipinski definition) is 0. The average Bonchev–Trinajstić information content (AvgIpc) is 2.46. The number of carbonyl (C=O) groups excluding carboxylic acids is 2. The third-order valence-electron chi connectivity index (χ3n) is 2.92. The highest BCUT2D eigenvalue weighted by atomic mass is 16.5. The Balaban J connectivity index is 2.43. The Hall–Kier alpha value is -2.42. The summed E-state index contributed by atoms with van der Waals surface area (Å²) in [4.78, 5) is 22.9. The van der Waals surface area contributed by atoms with Crippen LogP contribution < -0.4 is 0 Å². The molecule has 0 heterocycles. The molecule has 2 rings (SSSR count). The van der Waals surface area contributed by atoms with Gasteiger partial charge in [0.15, 0.2) is 5.78 Å². The lowest BCUT2D eigenvalue weighted by Gasteiger charge is -2.07. The summed E-state index contributed by atoms with van der Waals surface area (Å²) in [6, 6.07) is 14.4. The summed E-state index contributed by atoms with van der Waals surface area (Å²) in [5.41, 5.74) is 2.93. The summed E-state index contributed by atoms with van der Waals surface area (Å²) in [5.74, 6) is -0.348. The van der Waals surface area contributed by atoms with E-state index in [1.807, 2.05) is 30.3 Å². The van der Waals surface area contributed by atoms with Crippen LogP contribution in [0.3, 0.4) is 0 Å². The number of ether oxygens (including phenoxy) is 1. The minimum atomic E-state index is -0.369. The zero-order valence-electron chi connectivity index (χ0n) is 10.8. The molecule has 0 amide bonds. The second kappa shape index (κ2) is 5.48. The van der Waals surface area contributed by atoms with Crippen LogP contribution >= 0.6 is 0 Å². The zero-order chi connectivity index (χ0) is 13.8. The van der Waals surface area contributed by atoms with Gasteiger partial charge in [-0.25, -0.2) is 4.79 Å². The van der Waals surface area contributed by atoms with Crippen LogP contribution in [0.15, 0.2) is 48.5 Å². The fourth-order valence-electron chi connectivity index (χ4n) is 1.95. The van der Waals surface area contributed by atoms with Gasteiger partial charge in [-0.1, -0.05) is 36.4 Å². The lowest BCUT2D eigenvalue weighted by atomic mass is 9.97. The minimum absolute atomic E-state index is 0.0210. The van der Waals surface area contributed by atoms with E-state index in [4.69, 9.17) is 0 Å². The van der Waals surface area contributed by atoms with E-state index >= 15 is 0 Å². The first kappa shape index (κ1) is 13.0. The first-order valence-electron chi connectivity index (χ1n) is 5.92. The van der Waals surface area contributed by atoms with Gasteiger partial charge >= 0.3 is 5.97 Å². The molecule has 0 spiro atoms. The third-order valence-corrected chi connectivity index (χ3v) is 2.92. The second-order valence-corrected chi connectivity index (χ2v) is 4.17. The van der Waals surface area contributed by atoms with Crippen LogP contribution in [-0.2, 0) is 4.74 Å². The maximum Gasteiger partial charge on any atom is 0.337 e. The summed E-state index contributed by atoms with van der Waals surface area (Å²) in [7, 11) is 1.35. The molecule has 2 aromatic rings. The normalized spacial score (nSPS) is 10.0. The average molecular weight is 254 g/mol. The Morgan fingerprint density at radius 2 is 1.58 bits per heavy atom. The number of benzene rings is 2. The van der Waals surface area contributed by atoms with E-state index in [1.54, 1.807) is 25.1 Å². The highest BCUT2D eigenvalue weighted by Gasteiger charge is 2.09. The van der Waals surface area contributed by atoms with E-state index in [0.717, 1.165) is 11.1 Å². The Morgan fingerprint density at radius 1 is 0.947 bits per heavy atom. The van der Waals surface area contributed by atoms with E-state index in [1.165, 1.54) is 7.11 Å². The first-order chi connectivity index (χ1) is 9.13. The molecule has 0 atom stereocenters. The lowest BCUT2D eigenvalue weighted by molar-refractivity contribution is 0.0600. The molecule has 0 aromatic heterocycles. The molecule has 0 aliphatic carbocycles. The number of esters is 1. The number of Topliss-reactive ketones (excluding diaryl/α,β-unsaturated/α-hetero) is 1. The highest BCUT2D eigenvalue weighted by Crippen LogP contribution is 2.24. The Morgan fingerprint density at radius 3 is 2.16 bits per heavy atom. The SMILES string of the molecule is COC(=O)c1ccc(-c2ccccc2C(C)=O)cc1. The number of hydrogen-bond acceptors (Lipinski definition) is 3.